The van der Waals surface area contributed by atoms with E-state index in [9.17, 15) is 4.79 Å². The van der Waals surface area contributed by atoms with Crippen molar-refractivity contribution in [3.05, 3.63) is 52.6 Å². The molecule has 88 valence electrons. The zero-order valence-electron chi connectivity index (χ0n) is 10.3. The number of nitrogens with one attached hydrogen (secondary N) is 1. The van der Waals surface area contributed by atoms with Gasteiger partial charge in [0.2, 0.25) is 0 Å². The summed E-state index contributed by atoms with van der Waals surface area (Å²) in [6.07, 6.45) is 3.13. The van der Waals surface area contributed by atoms with Crippen LogP contribution in [0.1, 0.15) is 26.3 Å². The van der Waals surface area contributed by atoms with E-state index < -0.39 is 0 Å². The molecule has 3 heteroatoms. The van der Waals surface area contributed by atoms with Crippen molar-refractivity contribution >= 4 is 0 Å². The Balaban J connectivity index is 2.44. The molecule has 0 fully saturated rings. The van der Waals surface area contributed by atoms with Crippen LogP contribution >= 0.6 is 0 Å². The van der Waals surface area contributed by atoms with E-state index in [-0.39, 0.29) is 11.0 Å². The highest BCUT2D eigenvalue weighted by molar-refractivity contribution is 5.58. The lowest BCUT2D eigenvalue weighted by molar-refractivity contribution is 0.590. The summed E-state index contributed by atoms with van der Waals surface area (Å²) in [5.74, 6) is 0. The van der Waals surface area contributed by atoms with Gasteiger partial charge in [-0.2, -0.15) is 0 Å². The second-order valence-corrected chi connectivity index (χ2v) is 5.09. The first-order valence-corrected chi connectivity index (χ1v) is 5.63. The fourth-order valence-corrected chi connectivity index (χ4v) is 1.69. The second-order valence-electron chi connectivity index (χ2n) is 5.09. The Morgan fingerprint density at radius 1 is 1.12 bits per heavy atom. The summed E-state index contributed by atoms with van der Waals surface area (Å²) >= 11 is 0. The van der Waals surface area contributed by atoms with Gasteiger partial charge in [-0.1, -0.05) is 45.0 Å². The average Bonchev–Trinajstić information content (AvgIpc) is 2.29. The average molecular weight is 228 g/mol. The van der Waals surface area contributed by atoms with Crippen LogP contribution in [0.3, 0.4) is 0 Å². The monoisotopic (exact) mass is 228 g/mol. The maximum Gasteiger partial charge on any atom is 0.274 e. The molecule has 1 aromatic heterocycles. The Bertz CT molecular complexity index is 562. The van der Waals surface area contributed by atoms with Gasteiger partial charge in [-0.15, -0.1) is 0 Å². The van der Waals surface area contributed by atoms with Gasteiger partial charge in [0.15, 0.2) is 0 Å². The molecule has 2 aromatic rings. The number of rotatable bonds is 1. The minimum absolute atomic E-state index is 0.120. The van der Waals surface area contributed by atoms with Crippen LogP contribution in [-0.2, 0) is 5.41 Å². The van der Waals surface area contributed by atoms with Crippen LogP contribution in [0.4, 0.5) is 0 Å². The molecule has 0 radical (unpaired) electrons. The molecule has 0 bridgehead atoms. The summed E-state index contributed by atoms with van der Waals surface area (Å²) in [7, 11) is 0. The standard InChI is InChI=1S/C14H16N2O/c1-14(2,3)11-6-4-10(5-7-11)12-13(17)16-9-8-15-12/h4-9H,1-3H3,(H,16,17). The van der Waals surface area contributed by atoms with Crippen LogP contribution < -0.4 is 5.56 Å². The van der Waals surface area contributed by atoms with Crippen LogP contribution in [0.15, 0.2) is 41.5 Å². The molecule has 0 unspecified atom stereocenters. The van der Waals surface area contributed by atoms with E-state index in [4.69, 9.17) is 0 Å². The van der Waals surface area contributed by atoms with Crippen LogP contribution in [0.5, 0.6) is 0 Å². The Kier molecular flexibility index (Phi) is 2.84. The van der Waals surface area contributed by atoms with Crippen molar-refractivity contribution in [2.45, 2.75) is 26.2 Å². The lowest BCUT2D eigenvalue weighted by atomic mass is 9.86. The number of benzene rings is 1. The van der Waals surface area contributed by atoms with E-state index in [1.54, 1.807) is 6.20 Å². The minimum atomic E-state index is -0.156. The van der Waals surface area contributed by atoms with Crippen LogP contribution in [0.25, 0.3) is 11.3 Å². The maximum atomic E-state index is 11.6. The van der Waals surface area contributed by atoms with Crippen molar-refractivity contribution in [3.8, 4) is 11.3 Å². The largest absolute Gasteiger partial charge is 0.326 e. The lowest BCUT2D eigenvalue weighted by Crippen LogP contribution is -2.12. The summed E-state index contributed by atoms with van der Waals surface area (Å²) < 4.78 is 0. The molecule has 0 spiro atoms. The predicted molar refractivity (Wildman–Crippen MR) is 69.0 cm³/mol. The van der Waals surface area contributed by atoms with Gasteiger partial charge < -0.3 is 4.98 Å². The molecular formula is C14H16N2O. The third-order valence-corrected chi connectivity index (χ3v) is 2.73. The summed E-state index contributed by atoms with van der Waals surface area (Å²) in [6.45, 7) is 6.49. The third kappa shape index (κ3) is 2.44. The number of hydrogen-bond donors (Lipinski definition) is 1. The van der Waals surface area contributed by atoms with Crippen LogP contribution in [0, 0.1) is 0 Å². The quantitative estimate of drug-likeness (QED) is 0.815. The first-order chi connectivity index (χ1) is 7.98. The first kappa shape index (κ1) is 11.6. The Morgan fingerprint density at radius 2 is 1.76 bits per heavy atom. The molecule has 0 atom stereocenters. The van der Waals surface area contributed by atoms with Crippen LogP contribution in [0.2, 0.25) is 0 Å². The van der Waals surface area contributed by atoms with Gasteiger partial charge in [0.1, 0.15) is 5.69 Å². The number of H-pyrrole nitrogens is 1. The molecular weight excluding hydrogens is 212 g/mol. The van der Waals surface area contributed by atoms with Gasteiger partial charge in [-0.3, -0.25) is 4.79 Å². The van der Waals surface area contributed by atoms with Crippen molar-refractivity contribution in [2.24, 2.45) is 0 Å². The lowest BCUT2D eigenvalue weighted by Gasteiger charge is -2.18. The normalized spacial score (nSPS) is 11.5. The number of nitrogens with zero attached hydrogens (tertiary/aromatic N) is 1. The summed E-state index contributed by atoms with van der Waals surface area (Å²) in [6, 6.07) is 7.98. The SMILES string of the molecule is CC(C)(C)c1ccc(-c2ncc[nH]c2=O)cc1. The van der Waals surface area contributed by atoms with Crippen LogP contribution in [-0.4, -0.2) is 9.97 Å². The molecule has 0 saturated heterocycles. The topological polar surface area (TPSA) is 45.8 Å². The Labute approximate surface area is 101 Å². The molecule has 1 heterocycles. The number of aromatic amines is 1. The fraction of sp³-hybridized carbons (Fsp3) is 0.286. The van der Waals surface area contributed by atoms with Gasteiger partial charge in [0.05, 0.1) is 0 Å². The maximum absolute atomic E-state index is 11.6. The van der Waals surface area contributed by atoms with Crippen molar-refractivity contribution in [2.75, 3.05) is 0 Å². The first-order valence-electron chi connectivity index (χ1n) is 5.63. The zero-order chi connectivity index (χ0) is 12.5. The third-order valence-electron chi connectivity index (χ3n) is 2.73. The summed E-state index contributed by atoms with van der Waals surface area (Å²) in [5, 5.41) is 0. The molecule has 0 aliphatic carbocycles. The van der Waals surface area contributed by atoms with E-state index in [1.165, 1.54) is 11.8 Å². The zero-order valence-corrected chi connectivity index (χ0v) is 10.3. The van der Waals surface area contributed by atoms with Gasteiger partial charge in [-0.05, 0) is 11.0 Å². The van der Waals surface area contributed by atoms with Crippen molar-refractivity contribution < 1.29 is 0 Å². The van der Waals surface area contributed by atoms with E-state index >= 15 is 0 Å². The highest BCUT2D eigenvalue weighted by atomic mass is 16.1. The number of aromatic nitrogens is 2. The van der Waals surface area contributed by atoms with Crippen molar-refractivity contribution in [1.29, 1.82) is 0 Å². The summed E-state index contributed by atoms with van der Waals surface area (Å²) in [4.78, 5) is 18.3. The van der Waals surface area contributed by atoms with E-state index in [0.717, 1.165) is 5.56 Å². The second kappa shape index (κ2) is 4.17. The molecule has 1 N–H and O–H groups in total. The minimum Gasteiger partial charge on any atom is -0.326 e. The van der Waals surface area contributed by atoms with Gasteiger partial charge >= 0.3 is 0 Å². The molecule has 0 aliphatic rings. The molecule has 1 aromatic carbocycles. The molecule has 0 saturated carbocycles. The van der Waals surface area contributed by atoms with Gasteiger partial charge in [0.25, 0.3) is 5.56 Å². The van der Waals surface area contributed by atoms with E-state index in [0.29, 0.717) is 5.69 Å². The Morgan fingerprint density at radius 3 is 2.29 bits per heavy atom. The van der Waals surface area contributed by atoms with E-state index in [2.05, 4.69) is 30.7 Å². The molecule has 0 aliphatic heterocycles. The molecule has 2 rings (SSSR count). The van der Waals surface area contributed by atoms with E-state index in [1.807, 2.05) is 24.3 Å². The molecule has 17 heavy (non-hydrogen) atoms. The number of hydrogen-bond acceptors (Lipinski definition) is 2. The molecule has 0 amide bonds. The fourth-order valence-electron chi connectivity index (χ4n) is 1.69. The van der Waals surface area contributed by atoms with Gasteiger partial charge in [-0.25, -0.2) is 4.98 Å². The molecule has 3 nitrogen and oxygen atoms in total. The predicted octanol–water partition coefficient (Wildman–Crippen LogP) is 2.73. The van der Waals surface area contributed by atoms with Gasteiger partial charge in [0, 0.05) is 18.0 Å². The summed E-state index contributed by atoms with van der Waals surface area (Å²) in [5.41, 5.74) is 2.52. The van der Waals surface area contributed by atoms with Crippen molar-refractivity contribution in [3.63, 3.8) is 0 Å². The Hall–Kier alpha value is -1.90. The van der Waals surface area contributed by atoms with Crippen molar-refractivity contribution in [1.82, 2.24) is 9.97 Å². The smallest absolute Gasteiger partial charge is 0.274 e. The highest BCUT2D eigenvalue weighted by Crippen LogP contribution is 2.24. The highest BCUT2D eigenvalue weighted by Gasteiger charge is 2.13.